The first kappa shape index (κ1) is 21.3. The number of hydrogen-bond donors (Lipinski definition) is 1. The lowest BCUT2D eigenvalue weighted by molar-refractivity contribution is -0.136. The van der Waals surface area contributed by atoms with Crippen LogP contribution in [0.5, 0.6) is 5.75 Å². The lowest BCUT2D eigenvalue weighted by Crippen LogP contribution is -2.13. The highest BCUT2D eigenvalue weighted by Gasteiger charge is 2.13. The molecule has 0 saturated heterocycles. The van der Waals surface area contributed by atoms with Crippen LogP contribution in [0.3, 0.4) is 0 Å². The highest BCUT2D eigenvalue weighted by atomic mass is 35.5. The first-order valence-electron chi connectivity index (χ1n) is 9.65. The maximum absolute atomic E-state index is 10.8. The van der Waals surface area contributed by atoms with Crippen molar-refractivity contribution >= 4 is 17.6 Å². The molecule has 0 bridgehead atoms. The van der Waals surface area contributed by atoms with E-state index >= 15 is 0 Å². The van der Waals surface area contributed by atoms with Crippen LogP contribution in [0.1, 0.15) is 57.0 Å². The Morgan fingerprint density at radius 2 is 2.00 bits per heavy atom. The predicted molar refractivity (Wildman–Crippen MR) is 108 cm³/mol. The Labute approximate surface area is 166 Å². The second kappa shape index (κ2) is 10.4. The van der Waals surface area contributed by atoms with E-state index in [0.717, 1.165) is 42.0 Å². The summed E-state index contributed by atoms with van der Waals surface area (Å²) in [5.41, 5.74) is 2.85. The number of rotatable bonds is 11. The van der Waals surface area contributed by atoms with Crippen molar-refractivity contribution in [1.29, 1.82) is 0 Å². The van der Waals surface area contributed by atoms with E-state index in [0.29, 0.717) is 30.5 Å². The van der Waals surface area contributed by atoms with Crippen LogP contribution in [0.2, 0.25) is 5.02 Å². The zero-order valence-corrected chi connectivity index (χ0v) is 17.1. The van der Waals surface area contributed by atoms with Gasteiger partial charge in [-0.2, -0.15) is 5.10 Å². The Morgan fingerprint density at radius 3 is 2.63 bits per heavy atom. The average Bonchev–Trinajstić information content (AvgIpc) is 3.04. The largest absolute Gasteiger partial charge is 0.493 e. The van der Waals surface area contributed by atoms with Crippen molar-refractivity contribution < 1.29 is 14.6 Å². The van der Waals surface area contributed by atoms with Gasteiger partial charge in [0.1, 0.15) is 5.75 Å². The second-order valence-electron chi connectivity index (χ2n) is 6.78. The molecule has 5 nitrogen and oxygen atoms in total. The van der Waals surface area contributed by atoms with E-state index < -0.39 is 5.97 Å². The molecule has 0 saturated carbocycles. The van der Waals surface area contributed by atoms with E-state index in [1.165, 1.54) is 0 Å². The van der Waals surface area contributed by atoms with Crippen molar-refractivity contribution in [3.8, 4) is 5.75 Å². The van der Waals surface area contributed by atoms with Gasteiger partial charge in [-0.05, 0) is 36.6 Å². The summed E-state index contributed by atoms with van der Waals surface area (Å²) >= 11 is 6.21. The third-order valence-electron chi connectivity index (χ3n) is 4.84. The molecule has 0 radical (unpaired) electrons. The van der Waals surface area contributed by atoms with Gasteiger partial charge in [0, 0.05) is 22.7 Å². The minimum absolute atomic E-state index is 0.0844. The highest BCUT2D eigenvalue weighted by molar-refractivity contribution is 6.30. The van der Waals surface area contributed by atoms with Crippen LogP contribution in [0, 0.1) is 5.92 Å². The van der Waals surface area contributed by atoms with Gasteiger partial charge in [0.15, 0.2) is 0 Å². The molecule has 1 aromatic carbocycles. The number of halogens is 1. The molecule has 1 aromatic heterocycles. The summed E-state index contributed by atoms with van der Waals surface area (Å²) in [4.78, 5) is 10.8. The first-order valence-corrected chi connectivity index (χ1v) is 10.0. The smallest absolute Gasteiger partial charge is 0.303 e. The number of aryl methyl sites for hydroxylation is 2. The molecule has 0 aliphatic heterocycles. The molecule has 1 heterocycles. The summed E-state index contributed by atoms with van der Waals surface area (Å²) in [5, 5.41) is 14.2. The lowest BCUT2D eigenvalue weighted by Gasteiger charge is -2.17. The Morgan fingerprint density at radius 1 is 1.26 bits per heavy atom. The number of benzene rings is 1. The molecule has 0 aliphatic carbocycles. The third kappa shape index (κ3) is 6.28. The first-order chi connectivity index (χ1) is 13.0. The zero-order valence-electron chi connectivity index (χ0n) is 16.4. The van der Waals surface area contributed by atoms with E-state index in [9.17, 15) is 4.79 Å². The van der Waals surface area contributed by atoms with Gasteiger partial charge in [0.2, 0.25) is 0 Å². The Bertz CT molecular complexity index is 754. The zero-order chi connectivity index (χ0) is 19.8. The minimum atomic E-state index is -0.811. The summed E-state index contributed by atoms with van der Waals surface area (Å²) in [6.45, 7) is 7.66. The fraction of sp³-hybridized carbons (Fsp3) is 0.524. The van der Waals surface area contributed by atoms with Crippen LogP contribution in [0.4, 0.5) is 0 Å². The predicted octanol–water partition coefficient (Wildman–Crippen LogP) is 4.98. The van der Waals surface area contributed by atoms with Crippen molar-refractivity contribution in [2.75, 3.05) is 6.61 Å². The molecule has 0 unspecified atom stereocenters. The summed E-state index contributed by atoms with van der Waals surface area (Å²) in [7, 11) is 0. The quantitative estimate of drug-likeness (QED) is 0.585. The van der Waals surface area contributed by atoms with Crippen molar-refractivity contribution in [1.82, 2.24) is 9.78 Å². The molecule has 0 fully saturated rings. The van der Waals surface area contributed by atoms with Gasteiger partial charge in [-0.15, -0.1) is 0 Å². The maximum Gasteiger partial charge on any atom is 0.303 e. The van der Waals surface area contributed by atoms with Gasteiger partial charge >= 0.3 is 5.97 Å². The van der Waals surface area contributed by atoms with Crippen molar-refractivity contribution in [2.24, 2.45) is 5.92 Å². The summed E-state index contributed by atoms with van der Waals surface area (Å²) in [5.74, 6) is 0.553. The molecule has 27 heavy (non-hydrogen) atoms. The van der Waals surface area contributed by atoms with Crippen LogP contribution in [-0.2, 0) is 24.2 Å². The number of carboxylic acids is 1. The van der Waals surface area contributed by atoms with E-state index in [2.05, 4.69) is 25.9 Å². The summed E-state index contributed by atoms with van der Waals surface area (Å²) in [6.07, 6.45) is 3.52. The molecular formula is C21H29ClN2O3. The van der Waals surface area contributed by atoms with Crippen molar-refractivity contribution in [3.05, 3.63) is 46.2 Å². The van der Waals surface area contributed by atoms with Crippen LogP contribution < -0.4 is 4.74 Å². The molecule has 1 N–H and O–H groups in total. The molecule has 2 aromatic rings. The van der Waals surface area contributed by atoms with Crippen molar-refractivity contribution in [2.45, 2.75) is 59.4 Å². The number of carbonyl (C=O) groups is 1. The molecule has 6 heteroatoms. The van der Waals surface area contributed by atoms with Gasteiger partial charge in [0.05, 0.1) is 25.3 Å². The SMILES string of the molecule is CCc1cc(CCC(=O)O)nn1Cc1cc(Cl)ccc1OCC(CC)CC. The van der Waals surface area contributed by atoms with Gasteiger partial charge < -0.3 is 9.84 Å². The van der Waals surface area contributed by atoms with E-state index in [4.69, 9.17) is 21.4 Å². The highest BCUT2D eigenvalue weighted by Crippen LogP contribution is 2.26. The second-order valence-corrected chi connectivity index (χ2v) is 7.21. The molecule has 0 spiro atoms. The van der Waals surface area contributed by atoms with Gasteiger partial charge in [0.25, 0.3) is 0 Å². The monoisotopic (exact) mass is 392 g/mol. The third-order valence-corrected chi connectivity index (χ3v) is 5.08. The number of carboxylic acid groups (broad SMARTS) is 1. The van der Waals surface area contributed by atoms with Crippen LogP contribution in [0.15, 0.2) is 24.3 Å². The van der Waals surface area contributed by atoms with E-state index in [-0.39, 0.29) is 6.42 Å². The van der Waals surface area contributed by atoms with Gasteiger partial charge in [-0.1, -0.05) is 45.2 Å². The lowest BCUT2D eigenvalue weighted by atomic mass is 10.1. The molecule has 2 rings (SSSR count). The van der Waals surface area contributed by atoms with Crippen LogP contribution >= 0.6 is 11.6 Å². The fourth-order valence-corrected chi connectivity index (χ4v) is 3.19. The van der Waals surface area contributed by atoms with Crippen LogP contribution in [0.25, 0.3) is 0 Å². The molecule has 0 aliphatic rings. The average molecular weight is 393 g/mol. The van der Waals surface area contributed by atoms with Gasteiger partial charge in [-0.3, -0.25) is 9.48 Å². The standard InChI is InChI=1S/C21H29ClN2O3/c1-4-15(5-2)14-27-20-9-7-17(22)11-16(20)13-24-19(6-3)12-18(23-24)8-10-21(25)26/h7,9,11-12,15H,4-6,8,10,13-14H2,1-3H3,(H,25,26). The van der Waals surface area contributed by atoms with Crippen LogP contribution in [-0.4, -0.2) is 27.5 Å². The van der Waals surface area contributed by atoms with E-state index in [1.54, 1.807) is 0 Å². The normalized spacial score (nSPS) is 11.1. The molecule has 0 atom stereocenters. The minimum Gasteiger partial charge on any atom is -0.493 e. The Balaban J connectivity index is 2.20. The van der Waals surface area contributed by atoms with Crippen molar-refractivity contribution in [3.63, 3.8) is 0 Å². The molecule has 0 amide bonds. The summed E-state index contributed by atoms with van der Waals surface area (Å²) < 4.78 is 8.01. The Kier molecular flexibility index (Phi) is 8.17. The number of ether oxygens (including phenoxy) is 1. The molecule has 148 valence electrons. The molecular weight excluding hydrogens is 364 g/mol. The number of aromatic nitrogens is 2. The number of aliphatic carboxylic acids is 1. The Hall–Kier alpha value is -2.01. The summed E-state index contributed by atoms with van der Waals surface area (Å²) in [6, 6.07) is 7.66. The number of hydrogen-bond acceptors (Lipinski definition) is 3. The fourth-order valence-electron chi connectivity index (χ4n) is 3.00. The number of nitrogens with zero attached hydrogens (tertiary/aromatic N) is 2. The van der Waals surface area contributed by atoms with E-state index in [1.807, 2.05) is 28.9 Å². The topological polar surface area (TPSA) is 64.3 Å². The van der Waals surface area contributed by atoms with Gasteiger partial charge in [-0.25, -0.2) is 0 Å². The maximum atomic E-state index is 10.8.